The van der Waals surface area contributed by atoms with Gasteiger partial charge in [-0.15, -0.1) is 10.2 Å². The molecule has 3 rings (SSSR count). The van der Waals surface area contributed by atoms with Crippen LogP contribution in [-0.4, -0.2) is 25.7 Å². The molecule has 0 aliphatic carbocycles. The third kappa shape index (κ3) is 2.25. The van der Waals surface area contributed by atoms with Crippen LogP contribution < -0.4 is 5.32 Å². The molecule has 0 aromatic carbocycles. The van der Waals surface area contributed by atoms with Crippen LogP contribution >= 0.6 is 11.6 Å². The van der Waals surface area contributed by atoms with E-state index in [1.165, 1.54) is 6.20 Å². The highest BCUT2D eigenvalue weighted by molar-refractivity contribution is 6.29. The number of pyridine rings is 1. The Bertz CT molecular complexity index is 737. The van der Waals surface area contributed by atoms with E-state index < -0.39 is 0 Å². The molecule has 19 heavy (non-hydrogen) atoms. The van der Waals surface area contributed by atoms with E-state index in [1.807, 2.05) is 18.2 Å². The Hall–Kier alpha value is -2.47. The summed E-state index contributed by atoms with van der Waals surface area (Å²) in [6, 6.07) is 8.64. The molecule has 94 valence electrons. The first-order valence-electron chi connectivity index (χ1n) is 5.47. The Morgan fingerprint density at radius 2 is 2.11 bits per heavy atom. The van der Waals surface area contributed by atoms with Crippen molar-refractivity contribution in [1.29, 1.82) is 0 Å². The minimum atomic E-state index is -0.294. The zero-order valence-electron chi connectivity index (χ0n) is 9.62. The summed E-state index contributed by atoms with van der Waals surface area (Å²) in [7, 11) is 0. The van der Waals surface area contributed by atoms with Crippen LogP contribution in [0.3, 0.4) is 0 Å². The minimum Gasteiger partial charge on any atom is -0.305 e. The molecule has 0 radical (unpaired) electrons. The molecule has 0 aliphatic rings. The van der Waals surface area contributed by atoms with Gasteiger partial charge in [0.25, 0.3) is 5.91 Å². The summed E-state index contributed by atoms with van der Waals surface area (Å²) in [5.74, 6) is 0.0440. The number of halogens is 1. The minimum absolute atomic E-state index is 0.272. The monoisotopic (exact) mass is 273 g/mol. The van der Waals surface area contributed by atoms with E-state index in [2.05, 4.69) is 20.6 Å². The summed E-state index contributed by atoms with van der Waals surface area (Å²) in [5, 5.41) is 14.4. The van der Waals surface area contributed by atoms with Crippen LogP contribution in [0.5, 0.6) is 0 Å². The van der Waals surface area contributed by atoms with Crippen LogP contribution in [0, 0.1) is 0 Å². The van der Waals surface area contributed by atoms with Crippen molar-refractivity contribution in [2.24, 2.45) is 0 Å². The predicted octanol–water partition coefficient (Wildman–Crippen LogP) is 2.03. The highest BCUT2D eigenvalue weighted by atomic mass is 35.5. The smallest absolute Gasteiger partial charge is 0.260 e. The van der Waals surface area contributed by atoms with Crippen LogP contribution in [0.2, 0.25) is 5.15 Å². The van der Waals surface area contributed by atoms with Crippen molar-refractivity contribution < 1.29 is 4.79 Å². The van der Waals surface area contributed by atoms with Crippen molar-refractivity contribution in [3.63, 3.8) is 0 Å². The molecule has 0 fully saturated rings. The molecule has 0 saturated heterocycles. The van der Waals surface area contributed by atoms with Crippen LogP contribution in [-0.2, 0) is 0 Å². The lowest BCUT2D eigenvalue weighted by molar-refractivity contribution is 0.102. The first-order chi connectivity index (χ1) is 9.24. The number of nitrogens with zero attached hydrogens (tertiary/aromatic N) is 4. The normalized spacial score (nSPS) is 10.6. The van der Waals surface area contributed by atoms with Gasteiger partial charge in [-0.2, -0.15) is 5.10 Å². The van der Waals surface area contributed by atoms with E-state index in [-0.39, 0.29) is 11.1 Å². The van der Waals surface area contributed by atoms with Crippen LogP contribution in [0.25, 0.3) is 5.52 Å². The van der Waals surface area contributed by atoms with Crippen LogP contribution in [0.1, 0.15) is 10.4 Å². The number of hydrogen-bond donors (Lipinski definition) is 1. The van der Waals surface area contributed by atoms with Crippen molar-refractivity contribution in [3.05, 3.63) is 53.4 Å². The number of fused-ring (bicyclic) bond motifs is 1. The number of amides is 1. The molecule has 1 N–H and O–H groups in total. The molecule has 6 nitrogen and oxygen atoms in total. The Balaban J connectivity index is 1.90. The number of carbonyl (C=O) groups is 1. The lowest BCUT2D eigenvalue weighted by atomic mass is 10.2. The Morgan fingerprint density at radius 1 is 1.21 bits per heavy atom. The summed E-state index contributed by atoms with van der Waals surface area (Å²) >= 11 is 5.63. The van der Waals surface area contributed by atoms with Gasteiger partial charge in [-0.25, -0.2) is 4.52 Å². The van der Waals surface area contributed by atoms with E-state index in [9.17, 15) is 4.79 Å². The number of rotatable bonds is 2. The molecule has 3 aromatic heterocycles. The lowest BCUT2D eigenvalue weighted by Crippen LogP contribution is -2.13. The van der Waals surface area contributed by atoms with Gasteiger partial charge in [-0.1, -0.05) is 17.7 Å². The summed E-state index contributed by atoms with van der Waals surface area (Å²) in [6.07, 6.45) is 3.28. The van der Waals surface area contributed by atoms with Crippen molar-refractivity contribution >= 4 is 28.8 Å². The van der Waals surface area contributed by atoms with E-state index in [0.717, 1.165) is 5.52 Å². The zero-order chi connectivity index (χ0) is 13.2. The van der Waals surface area contributed by atoms with E-state index >= 15 is 0 Å². The maximum Gasteiger partial charge on any atom is 0.260 e. The second kappa shape index (κ2) is 4.66. The standard InChI is InChI=1S/C12H8ClN5O/c13-10-4-5-11(17-16-10)15-12(19)8-7-14-18-6-2-1-3-9(8)18/h1-7H,(H,15,17,19). The molecule has 0 unspecified atom stereocenters. The quantitative estimate of drug-likeness (QED) is 0.775. The maximum absolute atomic E-state index is 12.1. The molecular weight excluding hydrogens is 266 g/mol. The molecule has 7 heteroatoms. The summed E-state index contributed by atoms with van der Waals surface area (Å²) in [4.78, 5) is 12.1. The van der Waals surface area contributed by atoms with Crippen LogP contribution in [0.15, 0.2) is 42.7 Å². The van der Waals surface area contributed by atoms with Crippen LogP contribution in [0.4, 0.5) is 5.82 Å². The number of carbonyl (C=O) groups excluding carboxylic acids is 1. The van der Waals surface area contributed by atoms with Gasteiger partial charge in [0.15, 0.2) is 11.0 Å². The Morgan fingerprint density at radius 3 is 2.89 bits per heavy atom. The Labute approximate surface area is 113 Å². The second-order valence-electron chi connectivity index (χ2n) is 3.78. The van der Waals surface area contributed by atoms with Gasteiger partial charge < -0.3 is 5.32 Å². The second-order valence-corrected chi connectivity index (χ2v) is 4.17. The predicted molar refractivity (Wildman–Crippen MR) is 70.2 cm³/mol. The van der Waals surface area contributed by atoms with E-state index in [4.69, 9.17) is 11.6 Å². The molecule has 0 spiro atoms. The van der Waals surface area contributed by atoms with Gasteiger partial charge >= 0.3 is 0 Å². The molecule has 3 aromatic rings. The third-order valence-corrected chi connectivity index (χ3v) is 2.75. The fraction of sp³-hybridized carbons (Fsp3) is 0. The van der Waals surface area contributed by atoms with Gasteiger partial charge in [-0.3, -0.25) is 4.79 Å². The van der Waals surface area contributed by atoms with E-state index in [0.29, 0.717) is 11.4 Å². The van der Waals surface area contributed by atoms with Crippen molar-refractivity contribution in [1.82, 2.24) is 19.8 Å². The van der Waals surface area contributed by atoms with Gasteiger partial charge in [0.05, 0.1) is 17.3 Å². The first kappa shape index (κ1) is 11.6. The molecular formula is C12H8ClN5O. The van der Waals surface area contributed by atoms with Crippen molar-refractivity contribution in [2.75, 3.05) is 5.32 Å². The lowest BCUT2D eigenvalue weighted by Gasteiger charge is -2.02. The Kier molecular flexibility index (Phi) is 2.85. The topological polar surface area (TPSA) is 72.2 Å². The SMILES string of the molecule is O=C(Nc1ccc(Cl)nn1)c1cnn2ccccc12. The average Bonchev–Trinajstić information content (AvgIpc) is 2.85. The fourth-order valence-electron chi connectivity index (χ4n) is 1.68. The fourth-order valence-corrected chi connectivity index (χ4v) is 1.78. The highest BCUT2D eigenvalue weighted by Gasteiger charge is 2.12. The first-order valence-corrected chi connectivity index (χ1v) is 5.85. The largest absolute Gasteiger partial charge is 0.305 e. The number of hydrogen-bond acceptors (Lipinski definition) is 4. The maximum atomic E-state index is 12.1. The van der Waals surface area contributed by atoms with Gasteiger partial charge in [0.2, 0.25) is 0 Å². The number of aromatic nitrogens is 4. The van der Waals surface area contributed by atoms with Gasteiger partial charge in [-0.05, 0) is 24.3 Å². The highest BCUT2D eigenvalue weighted by Crippen LogP contribution is 2.12. The van der Waals surface area contributed by atoms with Crippen molar-refractivity contribution in [2.45, 2.75) is 0 Å². The summed E-state index contributed by atoms with van der Waals surface area (Å²) < 4.78 is 1.63. The van der Waals surface area contributed by atoms with Gasteiger partial charge in [0.1, 0.15) is 0 Å². The summed E-state index contributed by atoms with van der Waals surface area (Å²) in [5.41, 5.74) is 1.19. The van der Waals surface area contributed by atoms with Gasteiger partial charge in [0, 0.05) is 6.20 Å². The van der Waals surface area contributed by atoms with E-state index in [1.54, 1.807) is 22.8 Å². The molecule has 0 aliphatic heterocycles. The molecule has 1 amide bonds. The summed E-state index contributed by atoms with van der Waals surface area (Å²) in [6.45, 7) is 0. The molecule has 0 atom stereocenters. The zero-order valence-corrected chi connectivity index (χ0v) is 10.4. The van der Waals surface area contributed by atoms with Crippen molar-refractivity contribution in [3.8, 4) is 0 Å². The molecule has 0 saturated carbocycles. The number of nitrogens with one attached hydrogen (secondary N) is 1. The molecule has 3 heterocycles. The number of anilines is 1. The average molecular weight is 274 g/mol. The molecule has 0 bridgehead atoms. The third-order valence-electron chi connectivity index (χ3n) is 2.54.